The molecule has 0 aliphatic heterocycles. The fourth-order valence-corrected chi connectivity index (χ4v) is 1.72. The summed E-state index contributed by atoms with van der Waals surface area (Å²) in [6.07, 6.45) is -0.212. The minimum Gasteiger partial charge on any atom is -0.311 e. The molecule has 94 valence electrons. The van der Waals surface area contributed by atoms with Crippen LogP contribution in [0.2, 0.25) is 0 Å². The molecule has 0 radical (unpaired) electrons. The van der Waals surface area contributed by atoms with Crippen molar-refractivity contribution in [2.45, 2.75) is 13.3 Å². The Labute approximate surface area is 100 Å². The van der Waals surface area contributed by atoms with E-state index in [2.05, 4.69) is 4.98 Å². The van der Waals surface area contributed by atoms with E-state index in [1.165, 1.54) is 13.0 Å². The summed E-state index contributed by atoms with van der Waals surface area (Å²) in [5, 5.41) is 0. The van der Waals surface area contributed by atoms with Crippen LogP contribution in [0.3, 0.4) is 0 Å². The number of H-pyrrole nitrogens is 2. The molecule has 0 spiro atoms. The van der Waals surface area contributed by atoms with Gasteiger partial charge >= 0.3 is 5.69 Å². The van der Waals surface area contributed by atoms with E-state index in [4.69, 9.17) is 0 Å². The molecule has 1 heterocycles. The van der Waals surface area contributed by atoms with Gasteiger partial charge in [0.25, 0.3) is 5.56 Å². The minimum atomic E-state index is -0.722. The predicted molar refractivity (Wildman–Crippen MR) is 61.6 cm³/mol. The van der Waals surface area contributed by atoms with E-state index in [9.17, 15) is 18.4 Å². The number of hydrogen-bond donors (Lipinski definition) is 2. The highest BCUT2D eigenvalue weighted by Crippen LogP contribution is 2.15. The third kappa shape index (κ3) is 2.22. The fourth-order valence-electron chi connectivity index (χ4n) is 1.72. The molecule has 2 N–H and O–H groups in total. The molecule has 0 aliphatic carbocycles. The van der Waals surface area contributed by atoms with Gasteiger partial charge in [-0.15, -0.1) is 0 Å². The third-order valence-corrected chi connectivity index (χ3v) is 2.67. The van der Waals surface area contributed by atoms with Crippen LogP contribution in [0.5, 0.6) is 0 Å². The maximum absolute atomic E-state index is 13.5. The largest absolute Gasteiger partial charge is 0.325 e. The second-order valence-electron chi connectivity index (χ2n) is 3.89. The monoisotopic (exact) mass is 252 g/mol. The Balaban J connectivity index is 2.54. The minimum absolute atomic E-state index is 0.138. The van der Waals surface area contributed by atoms with Crippen molar-refractivity contribution >= 4 is 0 Å². The zero-order valence-electron chi connectivity index (χ0n) is 9.51. The van der Waals surface area contributed by atoms with Gasteiger partial charge in [0.1, 0.15) is 11.6 Å². The van der Waals surface area contributed by atoms with Gasteiger partial charge in [-0.3, -0.25) is 9.78 Å². The van der Waals surface area contributed by atoms with Crippen molar-refractivity contribution in [2.75, 3.05) is 0 Å². The van der Waals surface area contributed by atoms with E-state index in [0.717, 1.165) is 12.1 Å². The lowest BCUT2D eigenvalue weighted by molar-refractivity contribution is 0.560. The first kappa shape index (κ1) is 12.2. The number of halogens is 2. The Morgan fingerprint density at radius 3 is 2.22 bits per heavy atom. The Morgan fingerprint density at radius 1 is 1.06 bits per heavy atom. The van der Waals surface area contributed by atoms with E-state index in [1.54, 1.807) is 0 Å². The molecule has 0 aliphatic rings. The maximum Gasteiger partial charge on any atom is 0.325 e. The summed E-state index contributed by atoms with van der Waals surface area (Å²) < 4.78 is 26.9. The summed E-state index contributed by atoms with van der Waals surface area (Å²) in [7, 11) is 0. The zero-order chi connectivity index (χ0) is 13.3. The topological polar surface area (TPSA) is 65.7 Å². The van der Waals surface area contributed by atoms with Crippen molar-refractivity contribution in [2.24, 2.45) is 0 Å². The number of hydrogen-bond acceptors (Lipinski definition) is 2. The zero-order valence-corrected chi connectivity index (χ0v) is 9.51. The molecule has 2 rings (SSSR count). The highest BCUT2D eigenvalue weighted by molar-refractivity contribution is 5.28. The Hall–Kier alpha value is -2.24. The number of aryl methyl sites for hydroxylation is 1. The number of aromatic nitrogens is 2. The van der Waals surface area contributed by atoms with Gasteiger partial charge in [-0.2, -0.15) is 0 Å². The van der Waals surface area contributed by atoms with E-state index >= 15 is 0 Å². The molecule has 6 heteroatoms. The molecule has 4 nitrogen and oxygen atoms in total. The van der Waals surface area contributed by atoms with Crippen molar-refractivity contribution in [1.29, 1.82) is 0 Å². The molecule has 0 saturated carbocycles. The van der Waals surface area contributed by atoms with Crippen molar-refractivity contribution in [1.82, 2.24) is 9.97 Å². The van der Waals surface area contributed by atoms with Crippen LogP contribution < -0.4 is 11.2 Å². The van der Waals surface area contributed by atoms with Crippen LogP contribution >= 0.6 is 0 Å². The molecule has 1 aromatic carbocycles. The summed E-state index contributed by atoms with van der Waals surface area (Å²) in [6.45, 7) is 1.50. The molecule has 0 unspecified atom stereocenters. The van der Waals surface area contributed by atoms with Crippen LogP contribution in [-0.2, 0) is 6.42 Å². The van der Waals surface area contributed by atoms with E-state index in [-0.39, 0.29) is 17.5 Å². The van der Waals surface area contributed by atoms with Crippen LogP contribution in [0.4, 0.5) is 8.78 Å². The van der Waals surface area contributed by atoms with Crippen LogP contribution in [0.1, 0.15) is 16.8 Å². The third-order valence-electron chi connectivity index (χ3n) is 2.67. The smallest absolute Gasteiger partial charge is 0.311 e. The lowest BCUT2D eigenvalue weighted by atomic mass is 10.0. The van der Waals surface area contributed by atoms with Gasteiger partial charge in [-0.1, -0.05) is 6.07 Å². The van der Waals surface area contributed by atoms with Gasteiger partial charge in [0.05, 0.1) is 0 Å². The van der Waals surface area contributed by atoms with Crippen LogP contribution in [0.25, 0.3) is 0 Å². The highest BCUT2D eigenvalue weighted by Gasteiger charge is 2.13. The SMILES string of the molecule is Cc1[nH]c(=O)[nH]c(=O)c1Cc1c(F)cccc1F. The summed E-state index contributed by atoms with van der Waals surface area (Å²) >= 11 is 0. The first-order chi connectivity index (χ1) is 8.49. The van der Waals surface area contributed by atoms with E-state index in [1.807, 2.05) is 4.98 Å². The molecule has 18 heavy (non-hydrogen) atoms. The normalized spacial score (nSPS) is 10.6. The average molecular weight is 252 g/mol. The van der Waals surface area contributed by atoms with Crippen molar-refractivity contribution < 1.29 is 8.78 Å². The number of benzene rings is 1. The molecule has 0 bridgehead atoms. The molecular weight excluding hydrogens is 242 g/mol. The van der Waals surface area contributed by atoms with Gasteiger partial charge in [-0.25, -0.2) is 13.6 Å². The highest BCUT2D eigenvalue weighted by atomic mass is 19.1. The van der Waals surface area contributed by atoms with Gasteiger partial charge < -0.3 is 4.98 Å². The van der Waals surface area contributed by atoms with Crippen LogP contribution in [-0.4, -0.2) is 9.97 Å². The van der Waals surface area contributed by atoms with E-state index < -0.39 is 22.9 Å². The molecule has 2 aromatic rings. The lowest BCUT2D eigenvalue weighted by Crippen LogP contribution is -2.27. The Kier molecular flexibility index (Phi) is 3.10. The standard InChI is InChI=1S/C12H10F2N2O2/c1-6-7(11(17)16-12(18)15-6)5-8-9(13)3-2-4-10(8)14/h2-4H,5H2,1H3,(H2,15,16,17,18). The maximum atomic E-state index is 13.5. The average Bonchev–Trinajstić information content (AvgIpc) is 2.26. The van der Waals surface area contributed by atoms with Gasteiger partial charge in [0.15, 0.2) is 0 Å². The quantitative estimate of drug-likeness (QED) is 0.844. The lowest BCUT2D eigenvalue weighted by Gasteiger charge is -2.06. The molecule has 0 fully saturated rings. The number of nitrogens with one attached hydrogen (secondary N) is 2. The second kappa shape index (κ2) is 4.56. The van der Waals surface area contributed by atoms with Crippen LogP contribution in [0, 0.1) is 18.6 Å². The van der Waals surface area contributed by atoms with Gasteiger partial charge in [0, 0.05) is 23.2 Å². The first-order valence-corrected chi connectivity index (χ1v) is 5.24. The molecule has 0 atom stereocenters. The summed E-state index contributed by atoms with van der Waals surface area (Å²) in [4.78, 5) is 27.0. The number of aromatic amines is 2. The fraction of sp³-hybridized carbons (Fsp3) is 0.167. The van der Waals surface area contributed by atoms with Gasteiger partial charge in [-0.05, 0) is 19.1 Å². The summed E-state index contributed by atoms with van der Waals surface area (Å²) in [5.74, 6) is -1.44. The number of rotatable bonds is 2. The van der Waals surface area contributed by atoms with Crippen molar-refractivity contribution in [3.63, 3.8) is 0 Å². The Morgan fingerprint density at radius 2 is 1.67 bits per heavy atom. The van der Waals surface area contributed by atoms with Crippen LogP contribution in [0.15, 0.2) is 27.8 Å². The Bertz CT molecular complexity index is 684. The summed E-state index contributed by atoms with van der Waals surface area (Å²) in [5.41, 5.74) is -1.04. The molecule has 1 aromatic heterocycles. The second-order valence-corrected chi connectivity index (χ2v) is 3.89. The van der Waals surface area contributed by atoms with Gasteiger partial charge in [0.2, 0.25) is 0 Å². The molecular formula is C12H10F2N2O2. The van der Waals surface area contributed by atoms with Crippen molar-refractivity contribution in [3.8, 4) is 0 Å². The molecule has 0 amide bonds. The molecule has 0 saturated heterocycles. The van der Waals surface area contributed by atoms with E-state index in [0.29, 0.717) is 5.69 Å². The predicted octanol–water partition coefficient (Wildman–Crippen LogP) is 1.24. The van der Waals surface area contributed by atoms with Crippen molar-refractivity contribution in [3.05, 3.63) is 67.5 Å². The summed E-state index contributed by atoms with van der Waals surface area (Å²) in [6, 6.07) is 3.49. The first-order valence-electron chi connectivity index (χ1n) is 5.24.